The van der Waals surface area contributed by atoms with E-state index >= 15 is 0 Å². The number of nitrogens with one attached hydrogen (secondary N) is 1. The summed E-state index contributed by atoms with van der Waals surface area (Å²) in [5, 5.41) is 2.87. The number of benzene rings is 1. The van der Waals surface area contributed by atoms with Crippen LogP contribution in [0.4, 0.5) is 5.69 Å². The Morgan fingerprint density at radius 3 is 2.57 bits per heavy atom. The smallest absolute Gasteiger partial charge is 0.226 e. The molecular weight excluding hydrogens is 264 g/mol. The first kappa shape index (κ1) is 17.2. The van der Waals surface area contributed by atoms with E-state index in [1.165, 1.54) is 0 Å². The van der Waals surface area contributed by atoms with Crippen LogP contribution in [0.1, 0.15) is 45.1 Å². The number of aryl methyl sites for hydroxylation is 1. The minimum Gasteiger partial charge on any atom is -0.342 e. The van der Waals surface area contributed by atoms with Crippen LogP contribution in [-0.4, -0.2) is 29.8 Å². The van der Waals surface area contributed by atoms with E-state index in [4.69, 9.17) is 0 Å². The van der Waals surface area contributed by atoms with Crippen molar-refractivity contribution in [1.29, 1.82) is 0 Å². The highest BCUT2D eigenvalue weighted by atomic mass is 16.2. The summed E-state index contributed by atoms with van der Waals surface area (Å²) >= 11 is 0. The molecule has 2 amide bonds. The van der Waals surface area contributed by atoms with Crippen molar-refractivity contribution < 1.29 is 9.59 Å². The number of hydrogen-bond acceptors (Lipinski definition) is 2. The van der Waals surface area contributed by atoms with E-state index in [9.17, 15) is 9.59 Å². The molecular formula is C17H26N2O2. The minimum absolute atomic E-state index is 0.0365. The highest BCUT2D eigenvalue weighted by molar-refractivity contribution is 5.91. The Kier molecular flexibility index (Phi) is 7.51. The number of hydrogen-bond donors (Lipinski definition) is 1. The Morgan fingerprint density at radius 1 is 1.19 bits per heavy atom. The summed E-state index contributed by atoms with van der Waals surface area (Å²) in [6.45, 7) is 6.90. The molecule has 116 valence electrons. The molecule has 0 aliphatic rings. The average Bonchev–Trinajstić information content (AvgIpc) is 2.42. The molecule has 0 aliphatic carbocycles. The van der Waals surface area contributed by atoms with Crippen molar-refractivity contribution in [2.45, 2.75) is 46.5 Å². The van der Waals surface area contributed by atoms with Crippen LogP contribution in [0, 0.1) is 6.92 Å². The lowest BCUT2D eigenvalue weighted by Gasteiger charge is -2.20. The first-order chi connectivity index (χ1) is 10.0. The summed E-state index contributed by atoms with van der Waals surface area (Å²) in [5.74, 6) is -0.0169. The van der Waals surface area contributed by atoms with E-state index in [1.807, 2.05) is 31.2 Å². The number of carbonyl (C=O) groups excluding carboxylic acids is 2. The first-order valence-electron chi connectivity index (χ1n) is 7.65. The second-order valence-corrected chi connectivity index (χ2v) is 5.38. The minimum atomic E-state index is -0.0534. The monoisotopic (exact) mass is 290 g/mol. The lowest BCUT2D eigenvalue weighted by Crippen LogP contribution is -2.32. The Hall–Kier alpha value is -1.84. The molecule has 1 N–H and O–H groups in total. The van der Waals surface area contributed by atoms with Gasteiger partial charge in [-0.25, -0.2) is 0 Å². The largest absolute Gasteiger partial charge is 0.342 e. The fourth-order valence-corrected chi connectivity index (χ4v) is 2.16. The molecule has 0 heterocycles. The van der Waals surface area contributed by atoms with Crippen molar-refractivity contribution in [3.63, 3.8) is 0 Å². The Morgan fingerprint density at radius 2 is 1.95 bits per heavy atom. The molecule has 0 saturated carbocycles. The molecule has 0 spiro atoms. The van der Waals surface area contributed by atoms with Gasteiger partial charge in [0.25, 0.3) is 0 Å². The Labute approximate surface area is 127 Å². The normalized spacial score (nSPS) is 10.2. The van der Waals surface area contributed by atoms with E-state index in [1.54, 1.807) is 11.8 Å². The van der Waals surface area contributed by atoms with E-state index in [0.29, 0.717) is 13.0 Å². The van der Waals surface area contributed by atoms with Crippen molar-refractivity contribution in [2.75, 3.05) is 18.4 Å². The van der Waals surface area contributed by atoms with Gasteiger partial charge in [0.05, 0.1) is 0 Å². The van der Waals surface area contributed by atoms with Crippen molar-refractivity contribution in [3.05, 3.63) is 29.8 Å². The van der Waals surface area contributed by atoms with Gasteiger partial charge in [0.1, 0.15) is 0 Å². The highest BCUT2D eigenvalue weighted by Gasteiger charge is 2.11. The number of anilines is 1. The fourth-order valence-electron chi connectivity index (χ4n) is 2.16. The molecule has 0 bridgehead atoms. The van der Waals surface area contributed by atoms with Gasteiger partial charge in [-0.15, -0.1) is 0 Å². The van der Waals surface area contributed by atoms with E-state index < -0.39 is 0 Å². The van der Waals surface area contributed by atoms with E-state index in [0.717, 1.165) is 37.1 Å². The van der Waals surface area contributed by atoms with Crippen molar-refractivity contribution >= 4 is 17.5 Å². The Bertz CT molecular complexity index is 472. The van der Waals surface area contributed by atoms with Gasteiger partial charge in [-0.1, -0.05) is 31.9 Å². The molecule has 4 heteroatoms. The zero-order valence-corrected chi connectivity index (χ0v) is 13.3. The third kappa shape index (κ3) is 6.93. The lowest BCUT2D eigenvalue weighted by atomic mass is 10.2. The number of amides is 2. The van der Waals surface area contributed by atoms with Gasteiger partial charge in [-0.3, -0.25) is 9.59 Å². The van der Waals surface area contributed by atoms with Crippen LogP contribution in [0.2, 0.25) is 0 Å². The van der Waals surface area contributed by atoms with E-state index in [2.05, 4.69) is 12.2 Å². The molecule has 4 nitrogen and oxygen atoms in total. The molecule has 0 aromatic heterocycles. The highest BCUT2D eigenvalue weighted by Crippen LogP contribution is 2.10. The molecule has 0 aliphatic heterocycles. The van der Waals surface area contributed by atoms with Crippen molar-refractivity contribution in [3.8, 4) is 0 Å². The molecule has 0 radical (unpaired) electrons. The third-order valence-electron chi connectivity index (χ3n) is 3.39. The molecule has 21 heavy (non-hydrogen) atoms. The summed E-state index contributed by atoms with van der Waals surface area (Å²) in [7, 11) is 0. The van der Waals surface area contributed by atoms with E-state index in [-0.39, 0.29) is 11.8 Å². The summed E-state index contributed by atoms with van der Waals surface area (Å²) in [4.78, 5) is 25.2. The number of unbranched alkanes of at least 4 members (excludes halogenated alkanes) is 2. The maximum Gasteiger partial charge on any atom is 0.226 e. The number of nitrogens with zero attached hydrogens (tertiary/aromatic N) is 1. The van der Waals surface area contributed by atoms with Gasteiger partial charge in [0.2, 0.25) is 11.8 Å². The second kappa shape index (κ2) is 9.16. The molecule has 0 atom stereocenters. The van der Waals surface area contributed by atoms with Crippen LogP contribution < -0.4 is 5.32 Å². The van der Waals surface area contributed by atoms with Crippen LogP contribution in [0.5, 0.6) is 0 Å². The van der Waals surface area contributed by atoms with Crippen LogP contribution in [-0.2, 0) is 9.59 Å². The SMILES string of the molecule is CCCCCN(CCC(=O)Nc1cccc(C)c1)C(C)=O. The zero-order valence-electron chi connectivity index (χ0n) is 13.3. The predicted molar refractivity (Wildman–Crippen MR) is 86.2 cm³/mol. The van der Waals surface area contributed by atoms with Crippen molar-refractivity contribution in [1.82, 2.24) is 4.90 Å². The molecule has 0 unspecified atom stereocenters. The molecule has 0 fully saturated rings. The molecule has 0 saturated heterocycles. The van der Waals surface area contributed by atoms with Crippen LogP contribution in [0.25, 0.3) is 0 Å². The van der Waals surface area contributed by atoms with Gasteiger partial charge in [-0.05, 0) is 31.0 Å². The summed E-state index contributed by atoms with van der Waals surface area (Å²) in [6.07, 6.45) is 3.56. The maximum absolute atomic E-state index is 11.9. The summed E-state index contributed by atoms with van der Waals surface area (Å²) in [5.41, 5.74) is 1.91. The van der Waals surface area contributed by atoms with Crippen LogP contribution in [0.3, 0.4) is 0 Å². The van der Waals surface area contributed by atoms with Gasteiger partial charge in [-0.2, -0.15) is 0 Å². The average molecular weight is 290 g/mol. The Balaban J connectivity index is 2.40. The van der Waals surface area contributed by atoms with Crippen LogP contribution in [0.15, 0.2) is 24.3 Å². The first-order valence-corrected chi connectivity index (χ1v) is 7.65. The number of rotatable bonds is 8. The molecule has 1 rings (SSSR count). The third-order valence-corrected chi connectivity index (χ3v) is 3.39. The van der Waals surface area contributed by atoms with Gasteiger partial charge in [0, 0.05) is 32.1 Å². The zero-order chi connectivity index (χ0) is 15.7. The lowest BCUT2D eigenvalue weighted by molar-refractivity contribution is -0.129. The van der Waals surface area contributed by atoms with Gasteiger partial charge in [0.15, 0.2) is 0 Å². The predicted octanol–water partition coefficient (Wildman–Crippen LogP) is 3.36. The fraction of sp³-hybridized carbons (Fsp3) is 0.529. The quantitative estimate of drug-likeness (QED) is 0.746. The molecule has 1 aromatic rings. The van der Waals surface area contributed by atoms with Gasteiger partial charge >= 0.3 is 0 Å². The summed E-state index contributed by atoms with van der Waals surface area (Å²) in [6, 6.07) is 7.70. The van der Waals surface area contributed by atoms with Gasteiger partial charge < -0.3 is 10.2 Å². The summed E-state index contributed by atoms with van der Waals surface area (Å²) < 4.78 is 0. The standard InChI is InChI=1S/C17H26N2O2/c1-4-5-6-11-19(15(3)20)12-10-17(21)18-16-9-7-8-14(2)13-16/h7-9,13H,4-6,10-12H2,1-3H3,(H,18,21). The number of carbonyl (C=O) groups is 2. The molecule has 1 aromatic carbocycles. The van der Waals surface area contributed by atoms with Crippen molar-refractivity contribution in [2.24, 2.45) is 0 Å². The van der Waals surface area contributed by atoms with Crippen LogP contribution >= 0.6 is 0 Å². The topological polar surface area (TPSA) is 49.4 Å². The second-order valence-electron chi connectivity index (χ2n) is 5.38. The maximum atomic E-state index is 11.9.